The number of fused-ring (bicyclic) bond motifs is 1. The normalized spacial score (nSPS) is 18.6. The summed E-state index contributed by atoms with van der Waals surface area (Å²) in [6.45, 7) is 9.21. The highest BCUT2D eigenvalue weighted by Crippen LogP contribution is 2.41. The molecule has 3 atom stereocenters. The zero-order chi connectivity index (χ0) is 29.1. The third-order valence-electron chi connectivity index (χ3n) is 7.80. The third-order valence-corrected chi connectivity index (χ3v) is 8.02. The fraction of sp³-hybridized carbons (Fsp3) is 0.364. The van der Waals surface area contributed by atoms with Crippen LogP contribution in [0.15, 0.2) is 59.6 Å². The molecular weight excluding hydrogens is 536 g/mol. The van der Waals surface area contributed by atoms with Gasteiger partial charge in [0.05, 0.1) is 25.1 Å². The smallest absolute Gasteiger partial charge is 0.310 e. The first-order valence-corrected chi connectivity index (χ1v) is 14.6. The van der Waals surface area contributed by atoms with Crippen LogP contribution in [0.2, 0.25) is 5.02 Å². The van der Waals surface area contributed by atoms with E-state index in [0.29, 0.717) is 11.6 Å². The summed E-state index contributed by atoms with van der Waals surface area (Å²) in [4.78, 5) is 32.9. The maximum absolute atomic E-state index is 14.1. The van der Waals surface area contributed by atoms with Gasteiger partial charge in [0, 0.05) is 28.4 Å². The number of rotatable bonds is 8. The van der Waals surface area contributed by atoms with Gasteiger partial charge in [-0.1, -0.05) is 35.9 Å². The summed E-state index contributed by atoms with van der Waals surface area (Å²) in [7, 11) is 0. The van der Waals surface area contributed by atoms with E-state index in [1.807, 2.05) is 67.3 Å². The van der Waals surface area contributed by atoms with Crippen molar-refractivity contribution in [3.8, 4) is 11.1 Å². The number of amides is 1. The maximum atomic E-state index is 14.1. The minimum absolute atomic E-state index is 0.0280. The SMILES string of the molecule is CCOC(=O)Cc1cccc(-c2cc3c(cc2C)N=CN(c2cc(C)cc(Cl)c2)C3C(=O)NC(C)[C@@H]2CCCN2)c1. The van der Waals surface area contributed by atoms with Crippen molar-refractivity contribution in [2.75, 3.05) is 18.1 Å². The number of aryl methyl sites for hydroxylation is 2. The van der Waals surface area contributed by atoms with Gasteiger partial charge in [-0.05, 0) is 105 Å². The highest BCUT2D eigenvalue weighted by atomic mass is 35.5. The predicted octanol–water partition coefficient (Wildman–Crippen LogP) is 6.21. The van der Waals surface area contributed by atoms with Gasteiger partial charge >= 0.3 is 5.97 Å². The van der Waals surface area contributed by atoms with Gasteiger partial charge in [0.1, 0.15) is 6.04 Å². The zero-order valence-electron chi connectivity index (χ0n) is 24.0. The lowest BCUT2D eigenvalue weighted by molar-refractivity contribution is -0.142. The highest BCUT2D eigenvalue weighted by Gasteiger charge is 2.35. The van der Waals surface area contributed by atoms with Gasteiger partial charge in [0.2, 0.25) is 5.91 Å². The van der Waals surface area contributed by atoms with E-state index in [-0.39, 0.29) is 30.4 Å². The Balaban J connectivity index is 1.56. The Kier molecular flexibility index (Phi) is 8.76. The van der Waals surface area contributed by atoms with Crippen LogP contribution in [0.4, 0.5) is 11.4 Å². The average molecular weight is 573 g/mol. The molecule has 214 valence electrons. The van der Waals surface area contributed by atoms with E-state index < -0.39 is 6.04 Å². The molecule has 0 radical (unpaired) electrons. The van der Waals surface area contributed by atoms with E-state index in [9.17, 15) is 9.59 Å². The van der Waals surface area contributed by atoms with Gasteiger partial charge in [-0.3, -0.25) is 9.59 Å². The van der Waals surface area contributed by atoms with Crippen molar-refractivity contribution in [2.24, 2.45) is 4.99 Å². The molecular formula is C33H37ClN4O3. The molecule has 2 heterocycles. The number of hydrogen-bond donors (Lipinski definition) is 2. The number of carbonyl (C=O) groups excluding carboxylic acids is 2. The monoisotopic (exact) mass is 572 g/mol. The summed E-state index contributed by atoms with van der Waals surface area (Å²) in [6, 6.07) is 17.3. The van der Waals surface area contributed by atoms with Gasteiger partial charge in [-0.25, -0.2) is 4.99 Å². The van der Waals surface area contributed by atoms with Crippen LogP contribution < -0.4 is 15.5 Å². The standard InChI is InChI=1S/C33H37ClN4O3/c1-5-41-31(39)16-23-8-6-9-24(15-23)27-18-28-30(14-21(27)3)36-19-38(26-13-20(2)12-25(34)17-26)32(28)33(40)37-22(4)29-10-7-11-35-29/h6,8-9,12-15,17-19,22,29,32,35H,5,7,10-11,16H2,1-4H3,(H,37,40)/t22?,29-,32?/m0/s1. The Hall–Kier alpha value is -3.68. The van der Waals surface area contributed by atoms with Gasteiger partial charge < -0.3 is 20.3 Å². The Morgan fingerprint density at radius 3 is 2.73 bits per heavy atom. The fourth-order valence-electron chi connectivity index (χ4n) is 5.81. The molecule has 2 aliphatic rings. The minimum Gasteiger partial charge on any atom is -0.466 e. The molecule has 0 bridgehead atoms. The zero-order valence-corrected chi connectivity index (χ0v) is 24.8. The number of ether oxygens (including phenoxy) is 1. The molecule has 8 heteroatoms. The molecule has 3 aromatic rings. The molecule has 1 fully saturated rings. The van der Waals surface area contributed by atoms with Gasteiger partial charge in [0.15, 0.2) is 0 Å². The molecule has 1 amide bonds. The summed E-state index contributed by atoms with van der Waals surface area (Å²) in [5, 5.41) is 7.39. The van der Waals surface area contributed by atoms with Crippen LogP contribution in [0.1, 0.15) is 55.0 Å². The molecule has 7 nitrogen and oxygen atoms in total. The average Bonchev–Trinajstić information content (AvgIpc) is 3.47. The first kappa shape index (κ1) is 28.8. The lowest BCUT2D eigenvalue weighted by atomic mass is 9.91. The maximum Gasteiger partial charge on any atom is 0.310 e. The molecule has 5 rings (SSSR count). The second kappa shape index (κ2) is 12.5. The van der Waals surface area contributed by atoms with Crippen LogP contribution in [0.5, 0.6) is 0 Å². The Labute approximate surface area is 247 Å². The number of benzene rings is 3. The molecule has 3 aromatic carbocycles. The second-order valence-corrected chi connectivity index (χ2v) is 11.4. The van der Waals surface area contributed by atoms with Crippen LogP contribution in [-0.4, -0.2) is 43.5 Å². The van der Waals surface area contributed by atoms with Gasteiger partial charge in [-0.15, -0.1) is 0 Å². The van der Waals surface area contributed by atoms with E-state index in [2.05, 4.69) is 23.6 Å². The summed E-state index contributed by atoms with van der Waals surface area (Å²) in [5.74, 6) is -0.349. The number of aliphatic imine (C=N–C) groups is 1. The number of nitrogens with one attached hydrogen (secondary N) is 2. The number of carbonyl (C=O) groups is 2. The first-order valence-electron chi connectivity index (χ1n) is 14.3. The molecule has 0 saturated carbocycles. The molecule has 0 aliphatic carbocycles. The van der Waals surface area contributed by atoms with Crippen molar-refractivity contribution in [3.63, 3.8) is 0 Å². The largest absolute Gasteiger partial charge is 0.466 e. The van der Waals surface area contributed by atoms with E-state index in [4.69, 9.17) is 21.3 Å². The van der Waals surface area contributed by atoms with Crippen molar-refractivity contribution in [1.82, 2.24) is 10.6 Å². The van der Waals surface area contributed by atoms with E-state index in [1.54, 1.807) is 13.3 Å². The van der Waals surface area contributed by atoms with Crippen molar-refractivity contribution < 1.29 is 14.3 Å². The lowest BCUT2D eigenvalue weighted by Crippen LogP contribution is -2.50. The molecule has 0 aromatic heterocycles. The summed E-state index contributed by atoms with van der Waals surface area (Å²) in [6.07, 6.45) is 4.08. The summed E-state index contributed by atoms with van der Waals surface area (Å²) in [5.41, 5.74) is 7.23. The second-order valence-electron chi connectivity index (χ2n) is 10.9. The lowest BCUT2D eigenvalue weighted by Gasteiger charge is -2.35. The van der Waals surface area contributed by atoms with Crippen LogP contribution in [0, 0.1) is 13.8 Å². The first-order chi connectivity index (χ1) is 19.7. The third kappa shape index (κ3) is 6.47. The number of halogens is 1. The Morgan fingerprint density at radius 2 is 2.00 bits per heavy atom. The van der Waals surface area contributed by atoms with E-state index in [0.717, 1.165) is 64.1 Å². The highest BCUT2D eigenvalue weighted by molar-refractivity contribution is 6.31. The van der Waals surface area contributed by atoms with Crippen molar-refractivity contribution in [2.45, 2.75) is 65.1 Å². The minimum atomic E-state index is -0.647. The quantitative estimate of drug-likeness (QED) is 0.314. The van der Waals surface area contributed by atoms with Crippen molar-refractivity contribution in [1.29, 1.82) is 0 Å². The molecule has 2 N–H and O–H groups in total. The van der Waals surface area contributed by atoms with Crippen LogP contribution >= 0.6 is 11.6 Å². The summed E-state index contributed by atoms with van der Waals surface area (Å²) >= 11 is 6.45. The van der Waals surface area contributed by atoms with Crippen molar-refractivity contribution in [3.05, 3.63) is 81.9 Å². The van der Waals surface area contributed by atoms with Crippen molar-refractivity contribution >= 4 is 41.2 Å². The number of esters is 1. The van der Waals surface area contributed by atoms with Gasteiger partial charge in [-0.2, -0.15) is 0 Å². The molecule has 2 unspecified atom stereocenters. The molecule has 0 spiro atoms. The number of anilines is 1. The Morgan fingerprint density at radius 1 is 1.17 bits per heavy atom. The topological polar surface area (TPSA) is 83.0 Å². The van der Waals surface area contributed by atoms with E-state index in [1.165, 1.54) is 0 Å². The van der Waals surface area contributed by atoms with Crippen LogP contribution in [0.3, 0.4) is 0 Å². The summed E-state index contributed by atoms with van der Waals surface area (Å²) < 4.78 is 5.15. The number of hydrogen-bond acceptors (Lipinski definition) is 6. The number of nitrogens with zero attached hydrogens (tertiary/aromatic N) is 2. The molecule has 2 aliphatic heterocycles. The Bertz CT molecular complexity index is 1460. The van der Waals surface area contributed by atoms with E-state index >= 15 is 0 Å². The van der Waals surface area contributed by atoms with Crippen LogP contribution in [0.25, 0.3) is 11.1 Å². The molecule has 1 saturated heterocycles. The van der Waals surface area contributed by atoms with Gasteiger partial charge in [0.25, 0.3) is 0 Å². The van der Waals surface area contributed by atoms with Crippen LogP contribution in [-0.2, 0) is 20.7 Å². The predicted molar refractivity (Wildman–Crippen MR) is 165 cm³/mol. The fourth-order valence-corrected chi connectivity index (χ4v) is 6.10. The molecule has 41 heavy (non-hydrogen) atoms.